The Balaban J connectivity index is 0.0000000919. The quantitative estimate of drug-likeness (QED) is 0.0728. The number of aryl methyl sites for hydroxylation is 6. The van der Waals surface area contributed by atoms with Crippen molar-refractivity contribution in [1.82, 2.24) is 57.3 Å². The Hall–Kier alpha value is -15.9. The maximum Gasteiger partial charge on any atom is 0.227 e. The molecule has 0 spiro atoms. The van der Waals surface area contributed by atoms with Crippen LogP contribution in [0.3, 0.4) is 0 Å². The Labute approximate surface area is 856 Å². The number of carbonyl (C=O) groups is 6. The number of carbonyl (C=O) groups excluding carboxylic acids is 6. The number of amides is 6. The molecule has 738 valence electrons. The molecule has 6 unspecified atom stereocenters. The summed E-state index contributed by atoms with van der Waals surface area (Å²) in [6.07, 6.45) is 57.2. The maximum atomic E-state index is 12.2. The molecule has 12 aliphatic heterocycles. The van der Waals surface area contributed by atoms with Crippen LogP contribution < -0.4 is 34.1 Å². The third-order valence-corrected chi connectivity index (χ3v) is 33.3. The first-order chi connectivity index (χ1) is 72.2. The molecular weight excluding hydrogens is 1860 g/mol. The number of nitriles is 1. The highest BCUT2D eigenvalue weighted by Crippen LogP contribution is 2.52. The summed E-state index contributed by atoms with van der Waals surface area (Å²) in [6, 6.07) is 54.8. The van der Waals surface area contributed by atoms with E-state index >= 15 is 0 Å². The molecule has 8 aromatic carbocycles. The van der Waals surface area contributed by atoms with E-state index in [0.29, 0.717) is 68.0 Å². The van der Waals surface area contributed by atoms with E-state index in [0.717, 1.165) is 168 Å². The van der Waals surface area contributed by atoms with E-state index in [4.69, 9.17) is 9.15 Å². The van der Waals surface area contributed by atoms with Crippen LogP contribution in [-0.4, -0.2) is 139 Å². The second-order valence-electron chi connectivity index (χ2n) is 41.0. The fourth-order valence-electron chi connectivity index (χ4n) is 25.5. The lowest BCUT2D eigenvalue weighted by Crippen LogP contribution is -2.33. The Morgan fingerprint density at radius 1 is 0.320 bits per heavy atom. The van der Waals surface area contributed by atoms with Crippen LogP contribution in [0.15, 0.2) is 274 Å². The second-order valence-corrected chi connectivity index (χ2v) is 42.0. The molecule has 8 aromatic heterocycles. The smallest absolute Gasteiger partial charge is 0.227 e. The average molecular weight is 1970 g/mol. The molecule has 2 aliphatic carbocycles. The number of furan rings is 1. The topological polar surface area (TPSA) is 275 Å². The van der Waals surface area contributed by atoms with Crippen LogP contribution in [-0.2, 0) is 106 Å². The predicted octanol–water partition coefficient (Wildman–Crippen LogP) is 18.8. The monoisotopic (exact) mass is 1970 g/mol. The molecule has 0 saturated heterocycles. The molecule has 20 heterocycles. The number of nitrogens with zero attached hydrogens (tertiary/aromatic N) is 19. The molecule has 30 rings (SSSR count). The van der Waals surface area contributed by atoms with Gasteiger partial charge in [0.1, 0.15) is 17.6 Å². The van der Waals surface area contributed by atoms with Crippen molar-refractivity contribution in [3.8, 4) is 11.8 Å². The minimum absolute atomic E-state index is 0.0239. The third-order valence-electron chi connectivity index (χ3n) is 32.4. The van der Waals surface area contributed by atoms with Gasteiger partial charge in [-0.2, -0.15) is 5.26 Å². The molecule has 28 heteroatoms. The Bertz CT molecular complexity index is 7510. The van der Waals surface area contributed by atoms with Gasteiger partial charge in [0.15, 0.2) is 0 Å². The SMILES string of the molecule is COc1cccc(C(c2cc3c4c(c2)CCN4C(=O)CC3)n2ccnc2)c1.N#Cc1cccc(C(c2cc3c4c(c2)CCN4C(=O)CC3)n2ccnc2)c1.O=C1CCc2cc(C(C3CC3)n3ccnc3)cc3c2N1CC3.O=C1CCc2cc(C(C3CCC3)n3ccnc3)cc3c2N1CC3.O=C1CCc2cc(C(c3ccco3)n3ccnc3)cc3c2N1CC3.O=C1CCc2cc(C(c3cccs3)n3ccnc3)cc3c2N1CC3. The molecule has 16 aromatic rings. The number of ether oxygens (including phenoxy) is 1. The summed E-state index contributed by atoms with van der Waals surface area (Å²) < 4.78 is 24.1. The van der Waals surface area contributed by atoms with Crippen LogP contribution >= 0.6 is 11.3 Å². The fourth-order valence-corrected chi connectivity index (χ4v) is 26.4. The number of hydrogen-bond donors (Lipinski definition) is 0. The van der Waals surface area contributed by atoms with E-state index in [2.05, 4.69) is 184 Å². The lowest BCUT2D eigenvalue weighted by atomic mass is 9.76. The first kappa shape index (κ1) is 92.3. The molecule has 6 amide bonds. The molecular formula is C119H113N19O8S. The van der Waals surface area contributed by atoms with Crippen LogP contribution in [0.5, 0.6) is 5.75 Å². The van der Waals surface area contributed by atoms with E-state index < -0.39 is 0 Å². The molecule has 27 nitrogen and oxygen atoms in total. The average Bonchev–Trinajstić information content (AvgIpc) is 1.62. The van der Waals surface area contributed by atoms with Gasteiger partial charge in [-0.15, -0.1) is 11.3 Å². The van der Waals surface area contributed by atoms with Gasteiger partial charge in [0.05, 0.1) is 127 Å². The van der Waals surface area contributed by atoms with E-state index in [1.165, 1.54) is 154 Å². The zero-order chi connectivity index (χ0) is 99.0. The normalized spacial score (nSPS) is 18.0. The van der Waals surface area contributed by atoms with Gasteiger partial charge in [-0.25, -0.2) is 29.9 Å². The highest BCUT2D eigenvalue weighted by Gasteiger charge is 2.43. The standard InChI is InChI=1S/C22H18N4O.C22H21N3O2.C19H17N3O2.C19H17N3OS.C19H21N3O.C18H19N3O/c23-13-15-2-1-3-16(10-15)21(25-9-7-24-14-25)19-11-17-4-5-20(27)26-8-6-18(12-19)22(17)26;1-27-19-4-2-3-15(13-19)21(24-10-8-23-14-24)18-11-16-5-6-20(26)25-9-7-17(12-18)22(16)25;2*23-17-4-3-13-10-15(11-14-5-7-22(17)18(13)14)19(16-2-1-9-24-16)21-8-6-20-12-21;23-17-5-4-14-10-16(11-15-6-8-22(17)19(14)15)18(13-2-1-3-13)21-9-7-20-12-21;22-16-4-3-13-9-15(10-14-5-7-21(16)18(13)14)17(12-1-2-12)20-8-6-19-11-20/h1-3,7,9-12,14,21H,4-6,8H2;2-4,8,10-14,21H,5-7,9H2,1H3;2*1-2,6,8-12,19H,3-5,7H2;7,9-13,18H,1-6,8H2;6,8-12,17H,1-5,7H2. The summed E-state index contributed by atoms with van der Waals surface area (Å²) in [6.45, 7) is 4.96. The maximum absolute atomic E-state index is 12.2. The lowest BCUT2D eigenvalue weighted by Gasteiger charge is -2.36. The van der Waals surface area contributed by atoms with Gasteiger partial charge >= 0.3 is 0 Å². The van der Waals surface area contributed by atoms with Crippen LogP contribution in [0.1, 0.15) is 234 Å². The number of benzene rings is 8. The summed E-state index contributed by atoms with van der Waals surface area (Å²) in [4.78, 5) is 111. The predicted molar refractivity (Wildman–Crippen MR) is 561 cm³/mol. The van der Waals surface area contributed by atoms with Gasteiger partial charge in [-0.05, 0) is 274 Å². The van der Waals surface area contributed by atoms with Gasteiger partial charge < -0.3 is 66.0 Å². The summed E-state index contributed by atoms with van der Waals surface area (Å²) in [5.41, 5.74) is 33.4. The highest BCUT2D eigenvalue weighted by atomic mass is 32.1. The molecule has 147 heavy (non-hydrogen) atoms. The second kappa shape index (κ2) is 39.2. The zero-order valence-electron chi connectivity index (χ0n) is 82.2. The molecule has 0 bridgehead atoms. The highest BCUT2D eigenvalue weighted by molar-refractivity contribution is 7.10. The van der Waals surface area contributed by atoms with E-state index in [9.17, 15) is 34.0 Å². The zero-order valence-corrected chi connectivity index (χ0v) is 83.0. The van der Waals surface area contributed by atoms with Gasteiger partial charge in [-0.1, -0.05) is 110 Å². The third kappa shape index (κ3) is 17.5. The Kier molecular flexibility index (Phi) is 24.6. The van der Waals surface area contributed by atoms with E-state index in [-0.39, 0.29) is 47.8 Å². The Morgan fingerprint density at radius 2 is 0.633 bits per heavy atom. The van der Waals surface area contributed by atoms with Crippen molar-refractivity contribution in [1.29, 1.82) is 5.26 Å². The minimum Gasteiger partial charge on any atom is -0.497 e. The van der Waals surface area contributed by atoms with Gasteiger partial charge in [0, 0.05) is 157 Å². The van der Waals surface area contributed by atoms with Crippen molar-refractivity contribution in [3.63, 3.8) is 0 Å². The van der Waals surface area contributed by atoms with Gasteiger partial charge in [-0.3, -0.25) is 28.8 Å². The number of aromatic nitrogens is 12. The fraction of sp³-hybridized carbons (Fsp3) is 0.319. The van der Waals surface area contributed by atoms with Crippen LogP contribution in [0, 0.1) is 23.2 Å². The first-order valence-corrected chi connectivity index (χ1v) is 52.9. The van der Waals surface area contributed by atoms with Crippen LogP contribution in [0.4, 0.5) is 34.1 Å². The van der Waals surface area contributed by atoms with E-state index in [1.807, 2.05) is 159 Å². The van der Waals surface area contributed by atoms with Crippen molar-refractivity contribution in [3.05, 3.63) is 397 Å². The van der Waals surface area contributed by atoms with Crippen molar-refractivity contribution in [2.24, 2.45) is 11.8 Å². The number of thiophene rings is 1. The van der Waals surface area contributed by atoms with Gasteiger partial charge in [0.2, 0.25) is 35.4 Å². The van der Waals surface area contributed by atoms with Crippen LogP contribution in [0.2, 0.25) is 0 Å². The number of hydrogen-bond acceptors (Lipinski definition) is 16. The van der Waals surface area contributed by atoms with Crippen molar-refractivity contribution in [2.45, 2.75) is 184 Å². The Morgan fingerprint density at radius 3 is 0.939 bits per heavy atom. The van der Waals surface area contributed by atoms with Gasteiger partial charge in [0.25, 0.3) is 0 Å². The summed E-state index contributed by atoms with van der Waals surface area (Å²) in [5.74, 6) is 4.82. The summed E-state index contributed by atoms with van der Waals surface area (Å²) in [5, 5.41) is 11.4. The van der Waals surface area contributed by atoms with Crippen molar-refractivity contribution >= 4 is 80.9 Å². The van der Waals surface area contributed by atoms with E-state index in [1.54, 1.807) is 37.1 Å². The molecule has 2 fully saturated rings. The minimum atomic E-state index is -0.0472. The summed E-state index contributed by atoms with van der Waals surface area (Å²) >= 11 is 1.77. The number of rotatable bonds is 19. The molecule has 6 atom stereocenters. The number of imidazole rings is 6. The van der Waals surface area contributed by atoms with Crippen LogP contribution in [0.25, 0.3) is 0 Å². The lowest BCUT2D eigenvalue weighted by molar-refractivity contribution is -0.119. The molecule has 2 saturated carbocycles. The number of methoxy groups -OCH3 is 1. The largest absolute Gasteiger partial charge is 0.497 e. The van der Waals surface area contributed by atoms with Crippen molar-refractivity contribution in [2.75, 3.05) is 75.8 Å². The first-order valence-electron chi connectivity index (χ1n) is 52.0. The summed E-state index contributed by atoms with van der Waals surface area (Å²) in [7, 11) is 1.69. The molecule has 0 radical (unpaired) electrons. The molecule has 0 N–H and O–H groups in total. The number of anilines is 6. The molecule has 14 aliphatic rings. The van der Waals surface area contributed by atoms with Crippen molar-refractivity contribution < 1.29 is 37.9 Å².